The van der Waals surface area contributed by atoms with Crippen LogP contribution in [0.3, 0.4) is 0 Å². The van der Waals surface area contributed by atoms with Crippen LogP contribution in [0, 0.1) is 5.41 Å². The maximum atomic E-state index is 11.8. The molecule has 2 aliphatic carbocycles. The highest BCUT2D eigenvalue weighted by Gasteiger charge is 2.60. The average Bonchev–Trinajstić information content (AvgIpc) is 2.90. The van der Waals surface area contributed by atoms with Crippen LogP contribution in [0.1, 0.15) is 32.6 Å². The van der Waals surface area contributed by atoms with E-state index >= 15 is 0 Å². The molecule has 4 nitrogen and oxygen atoms in total. The van der Waals surface area contributed by atoms with Crippen molar-refractivity contribution in [1.29, 1.82) is 0 Å². The van der Waals surface area contributed by atoms with Crippen molar-refractivity contribution in [3.63, 3.8) is 0 Å². The molecule has 0 unspecified atom stereocenters. The number of rotatable bonds is 1. The predicted molar refractivity (Wildman–Crippen MR) is 60.3 cm³/mol. The Labute approximate surface area is 101 Å². The minimum atomic E-state index is -0.538. The predicted octanol–water partition coefficient (Wildman–Crippen LogP) is 1.18. The number of carbonyl (C=O) groups excluding carboxylic acids is 1. The van der Waals surface area contributed by atoms with Gasteiger partial charge in [-0.15, -0.1) is 0 Å². The number of hydrogen-bond acceptors (Lipinski definition) is 4. The van der Waals surface area contributed by atoms with Crippen molar-refractivity contribution in [2.45, 2.75) is 38.4 Å². The van der Waals surface area contributed by atoms with Crippen molar-refractivity contribution in [2.24, 2.45) is 5.41 Å². The summed E-state index contributed by atoms with van der Waals surface area (Å²) in [4.78, 5) is 11.8. The summed E-state index contributed by atoms with van der Waals surface area (Å²) < 4.78 is 11.7. The van der Waals surface area contributed by atoms with Crippen LogP contribution >= 0.6 is 0 Å². The summed E-state index contributed by atoms with van der Waals surface area (Å²) in [5.41, 5.74) is 1.45. The third-order valence-electron chi connectivity index (χ3n) is 4.68. The van der Waals surface area contributed by atoms with E-state index in [1.165, 1.54) is 0 Å². The molecule has 0 aromatic carbocycles. The van der Waals surface area contributed by atoms with E-state index in [2.05, 4.69) is 6.92 Å². The van der Waals surface area contributed by atoms with Crippen LogP contribution in [0.4, 0.5) is 0 Å². The van der Waals surface area contributed by atoms with Gasteiger partial charge in [0.15, 0.2) is 11.6 Å². The minimum Gasteiger partial charge on any atom is -0.392 e. The van der Waals surface area contributed by atoms with Gasteiger partial charge in [0.25, 0.3) is 0 Å². The number of aliphatic hydroxyl groups is 1. The summed E-state index contributed by atoms with van der Waals surface area (Å²) in [7, 11) is 0. The first kappa shape index (κ1) is 11.4. The van der Waals surface area contributed by atoms with Gasteiger partial charge in [-0.2, -0.15) is 0 Å². The molecule has 1 saturated carbocycles. The first-order chi connectivity index (χ1) is 8.13. The van der Waals surface area contributed by atoms with Gasteiger partial charge in [-0.3, -0.25) is 4.79 Å². The Kier molecular flexibility index (Phi) is 2.44. The van der Waals surface area contributed by atoms with Crippen molar-refractivity contribution in [2.75, 3.05) is 19.8 Å². The fourth-order valence-corrected chi connectivity index (χ4v) is 3.68. The van der Waals surface area contributed by atoms with Gasteiger partial charge >= 0.3 is 0 Å². The molecule has 1 spiro atoms. The van der Waals surface area contributed by atoms with Crippen LogP contribution in [-0.4, -0.2) is 36.5 Å². The molecular formula is C13H18O4. The zero-order chi connectivity index (χ0) is 12.1. The monoisotopic (exact) mass is 238 g/mol. The van der Waals surface area contributed by atoms with E-state index in [9.17, 15) is 9.90 Å². The highest BCUT2D eigenvalue weighted by Crippen LogP contribution is 2.59. The highest BCUT2D eigenvalue weighted by atomic mass is 16.7. The van der Waals surface area contributed by atoms with Gasteiger partial charge in [-0.25, -0.2) is 0 Å². The molecule has 0 radical (unpaired) electrons. The van der Waals surface area contributed by atoms with E-state index in [0.717, 1.165) is 24.8 Å². The topological polar surface area (TPSA) is 55.8 Å². The van der Waals surface area contributed by atoms with Crippen molar-refractivity contribution in [1.82, 2.24) is 0 Å². The smallest absolute Gasteiger partial charge is 0.177 e. The van der Waals surface area contributed by atoms with Crippen molar-refractivity contribution >= 4 is 5.78 Å². The molecular weight excluding hydrogens is 220 g/mol. The third-order valence-corrected chi connectivity index (χ3v) is 4.68. The van der Waals surface area contributed by atoms with E-state index in [4.69, 9.17) is 9.47 Å². The van der Waals surface area contributed by atoms with Crippen LogP contribution in [0.2, 0.25) is 0 Å². The van der Waals surface area contributed by atoms with E-state index < -0.39 is 5.79 Å². The molecule has 3 aliphatic rings. The number of hydrogen-bond donors (Lipinski definition) is 1. The molecule has 1 atom stereocenters. The summed E-state index contributed by atoms with van der Waals surface area (Å²) >= 11 is 0. The van der Waals surface area contributed by atoms with Crippen LogP contribution in [0.15, 0.2) is 11.1 Å². The Morgan fingerprint density at radius 2 is 1.94 bits per heavy atom. The number of aliphatic hydroxyl groups excluding tert-OH is 1. The lowest BCUT2D eigenvalue weighted by atomic mass is 9.70. The van der Waals surface area contributed by atoms with Crippen LogP contribution in [0.5, 0.6) is 0 Å². The largest absolute Gasteiger partial charge is 0.392 e. The van der Waals surface area contributed by atoms with Gasteiger partial charge in [-0.05, 0) is 18.4 Å². The molecule has 0 aromatic heterocycles. The molecule has 0 bridgehead atoms. The van der Waals surface area contributed by atoms with Gasteiger partial charge in [0.1, 0.15) is 0 Å². The Morgan fingerprint density at radius 3 is 2.59 bits per heavy atom. The van der Waals surface area contributed by atoms with E-state index in [1.807, 2.05) is 0 Å². The maximum absolute atomic E-state index is 11.8. The van der Waals surface area contributed by atoms with E-state index in [-0.39, 0.29) is 17.8 Å². The van der Waals surface area contributed by atoms with Crippen LogP contribution < -0.4 is 0 Å². The Hall–Kier alpha value is -0.710. The molecule has 4 heteroatoms. The van der Waals surface area contributed by atoms with Crippen LogP contribution in [0.25, 0.3) is 0 Å². The molecule has 0 aromatic rings. The molecule has 1 saturated heterocycles. The molecule has 1 N–H and O–H groups in total. The second kappa shape index (κ2) is 3.64. The first-order valence-electron chi connectivity index (χ1n) is 6.27. The fourth-order valence-electron chi connectivity index (χ4n) is 3.68. The number of carbonyl (C=O) groups is 1. The second-order valence-electron chi connectivity index (χ2n) is 5.32. The molecule has 1 aliphatic heterocycles. The Bertz CT molecular complexity index is 392. The van der Waals surface area contributed by atoms with Crippen molar-refractivity contribution in [3.05, 3.63) is 11.1 Å². The summed E-state index contributed by atoms with van der Waals surface area (Å²) in [5, 5.41) is 9.39. The van der Waals surface area contributed by atoms with Crippen molar-refractivity contribution < 1.29 is 19.4 Å². The van der Waals surface area contributed by atoms with Gasteiger partial charge in [0.2, 0.25) is 0 Å². The van der Waals surface area contributed by atoms with Crippen molar-refractivity contribution in [3.8, 4) is 0 Å². The normalized spacial score (nSPS) is 35.8. The van der Waals surface area contributed by atoms with E-state index in [0.29, 0.717) is 25.2 Å². The van der Waals surface area contributed by atoms with Gasteiger partial charge in [0, 0.05) is 23.8 Å². The molecule has 0 amide bonds. The summed E-state index contributed by atoms with van der Waals surface area (Å²) in [6, 6.07) is 0. The lowest BCUT2D eigenvalue weighted by Gasteiger charge is -2.42. The van der Waals surface area contributed by atoms with E-state index in [1.54, 1.807) is 0 Å². The Morgan fingerprint density at radius 1 is 1.24 bits per heavy atom. The SMILES string of the molecule is C[C@@]12CCC(=O)C(CO)=C1CCC21OCCO1. The summed E-state index contributed by atoms with van der Waals surface area (Å²) in [6.07, 6.45) is 2.86. The van der Waals surface area contributed by atoms with Gasteiger partial charge < -0.3 is 14.6 Å². The lowest BCUT2D eigenvalue weighted by Crippen LogP contribution is -2.46. The summed E-state index contributed by atoms with van der Waals surface area (Å²) in [5.74, 6) is -0.446. The summed E-state index contributed by atoms with van der Waals surface area (Å²) in [6.45, 7) is 3.22. The molecule has 1 heterocycles. The van der Waals surface area contributed by atoms with Gasteiger partial charge in [0.05, 0.1) is 19.8 Å². The Balaban J connectivity index is 2.09. The number of Topliss-reactive ketones (excluding diaryl/α,β-unsaturated/α-hetero) is 1. The second-order valence-corrected chi connectivity index (χ2v) is 5.32. The van der Waals surface area contributed by atoms with Crippen LogP contribution in [-0.2, 0) is 14.3 Å². The molecule has 17 heavy (non-hydrogen) atoms. The standard InChI is InChI=1S/C13H18O4/c1-12-4-3-11(15)9(8-14)10(12)2-5-13(12)16-6-7-17-13/h14H,2-8H2,1H3/t12-/m1/s1. The quantitative estimate of drug-likeness (QED) is 0.745. The fraction of sp³-hybridized carbons (Fsp3) is 0.769. The molecule has 2 fully saturated rings. The minimum absolute atomic E-state index is 0.0926. The lowest BCUT2D eigenvalue weighted by molar-refractivity contribution is -0.211. The zero-order valence-corrected chi connectivity index (χ0v) is 10.1. The first-order valence-corrected chi connectivity index (χ1v) is 6.27. The molecule has 94 valence electrons. The average molecular weight is 238 g/mol. The number of ether oxygens (including phenoxy) is 2. The third kappa shape index (κ3) is 1.32. The number of fused-ring (bicyclic) bond motifs is 2. The maximum Gasteiger partial charge on any atom is 0.177 e. The zero-order valence-electron chi connectivity index (χ0n) is 10.1. The number of ketones is 1. The van der Waals surface area contributed by atoms with Gasteiger partial charge in [-0.1, -0.05) is 6.92 Å². The highest BCUT2D eigenvalue weighted by molar-refractivity contribution is 5.97. The molecule has 3 rings (SSSR count).